The van der Waals surface area contributed by atoms with Crippen molar-refractivity contribution >= 4 is 11.2 Å². The van der Waals surface area contributed by atoms with Gasteiger partial charge >= 0.3 is 12.4 Å². The highest BCUT2D eigenvalue weighted by molar-refractivity contribution is 5.78. The number of aromatic amines is 1. The van der Waals surface area contributed by atoms with Crippen LogP contribution >= 0.6 is 0 Å². The van der Waals surface area contributed by atoms with Crippen LogP contribution in [0.3, 0.4) is 0 Å². The van der Waals surface area contributed by atoms with Crippen molar-refractivity contribution < 1.29 is 26.3 Å². The summed E-state index contributed by atoms with van der Waals surface area (Å²) in [6.07, 6.45) is -8.47. The van der Waals surface area contributed by atoms with Crippen molar-refractivity contribution in [1.29, 1.82) is 0 Å². The van der Waals surface area contributed by atoms with Gasteiger partial charge in [-0.2, -0.15) is 26.3 Å². The maximum Gasteiger partial charge on any atom is 0.435 e. The van der Waals surface area contributed by atoms with E-state index in [9.17, 15) is 26.3 Å². The number of rotatable bonds is 1. The third-order valence-electron chi connectivity index (χ3n) is 3.06. The lowest BCUT2D eigenvalue weighted by Gasteiger charge is -2.06. The third kappa shape index (κ3) is 2.88. The molecule has 0 spiro atoms. The smallest absolute Gasteiger partial charge is 0.335 e. The number of aryl methyl sites for hydroxylation is 1. The van der Waals surface area contributed by atoms with Crippen molar-refractivity contribution in [1.82, 2.24) is 24.9 Å². The average molecular weight is 347 g/mol. The van der Waals surface area contributed by atoms with Gasteiger partial charge in [0, 0.05) is 11.8 Å². The first-order valence-corrected chi connectivity index (χ1v) is 6.41. The number of alkyl halides is 6. The molecule has 0 aromatic carbocycles. The number of hydrogen-bond acceptors (Lipinski definition) is 4. The summed E-state index contributed by atoms with van der Waals surface area (Å²) in [5.74, 6) is -0.213. The number of nitrogens with zero attached hydrogens (tertiary/aromatic N) is 4. The molecule has 5 nitrogen and oxygen atoms in total. The van der Waals surface area contributed by atoms with E-state index in [1.165, 1.54) is 6.92 Å². The standard InChI is InChI=1S/C13H7F6N5/c1-5-21-9(13(17,18)19)8-11(22-5)24-10(23-8)6-2-3-7(20-4-6)12(14,15)16/h2-4H,1H3,(H,21,22,23,24). The monoisotopic (exact) mass is 347 g/mol. The molecule has 11 heteroatoms. The molecule has 0 aliphatic rings. The molecule has 3 aromatic heterocycles. The molecular weight excluding hydrogens is 340 g/mol. The Morgan fingerprint density at radius 2 is 1.62 bits per heavy atom. The SMILES string of the molecule is Cc1nc(C(F)(F)F)c2[nH]c(-c3ccc(C(F)(F)F)nc3)nc2n1. The van der Waals surface area contributed by atoms with E-state index in [0.29, 0.717) is 6.07 Å². The van der Waals surface area contributed by atoms with Crippen LogP contribution in [0, 0.1) is 6.92 Å². The lowest BCUT2D eigenvalue weighted by atomic mass is 10.2. The maximum atomic E-state index is 13.0. The van der Waals surface area contributed by atoms with Crippen LogP contribution in [-0.4, -0.2) is 24.9 Å². The number of nitrogens with one attached hydrogen (secondary N) is 1. The highest BCUT2D eigenvalue weighted by atomic mass is 19.4. The minimum Gasteiger partial charge on any atom is -0.335 e. The highest BCUT2D eigenvalue weighted by Crippen LogP contribution is 2.33. The second kappa shape index (κ2) is 5.14. The van der Waals surface area contributed by atoms with Crippen LogP contribution in [0.2, 0.25) is 0 Å². The molecule has 0 bridgehead atoms. The Morgan fingerprint density at radius 1 is 0.917 bits per heavy atom. The molecular formula is C13H7F6N5. The van der Waals surface area contributed by atoms with Crippen molar-refractivity contribution in [2.75, 3.05) is 0 Å². The Labute approximate surface area is 129 Å². The van der Waals surface area contributed by atoms with E-state index in [1.807, 2.05) is 0 Å². The minimum absolute atomic E-state index is 0.0865. The normalized spacial score (nSPS) is 12.8. The van der Waals surface area contributed by atoms with Crippen molar-refractivity contribution in [2.24, 2.45) is 0 Å². The largest absolute Gasteiger partial charge is 0.435 e. The van der Waals surface area contributed by atoms with Gasteiger partial charge in [0.1, 0.15) is 22.9 Å². The number of H-pyrrole nitrogens is 1. The van der Waals surface area contributed by atoms with Crippen LogP contribution in [0.25, 0.3) is 22.6 Å². The molecule has 0 fully saturated rings. The van der Waals surface area contributed by atoms with Gasteiger partial charge in [-0.25, -0.2) is 15.0 Å². The number of aromatic nitrogens is 5. The van der Waals surface area contributed by atoms with Gasteiger partial charge in [0.25, 0.3) is 0 Å². The molecule has 0 radical (unpaired) electrons. The fraction of sp³-hybridized carbons (Fsp3) is 0.231. The lowest BCUT2D eigenvalue weighted by molar-refractivity contribution is -0.141. The maximum absolute atomic E-state index is 13.0. The summed E-state index contributed by atoms with van der Waals surface area (Å²) < 4.78 is 76.5. The molecule has 3 rings (SSSR count). The van der Waals surface area contributed by atoms with Crippen molar-refractivity contribution in [3.63, 3.8) is 0 Å². The molecule has 126 valence electrons. The van der Waals surface area contributed by atoms with Gasteiger partial charge < -0.3 is 4.98 Å². The number of pyridine rings is 1. The number of imidazole rings is 1. The lowest BCUT2D eigenvalue weighted by Crippen LogP contribution is -2.10. The summed E-state index contributed by atoms with van der Waals surface area (Å²) in [6, 6.07) is 1.77. The van der Waals surface area contributed by atoms with Gasteiger partial charge in [-0.1, -0.05) is 0 Å². The summed E-state index contributed by atoms with van der Waals surface area (Å²) >= 11 is 0. The summed E-state index contributed by atoms with van der Waals surface area (Å²) in [7, 11) is 0. The minimum atomic E-state index is -4.73. The van der Waals surface area contributed by atoms with Gasteiger partial charge in [0.15, 0.2) is 11.3 Å². The van der Waals surface area contributed by atoms with E-state index in [-0.39, 0.29) is 22.9 Å². The van der Waals surface area contributed by atoms with Crippen LogP contribution in [0.5, 0.6) is 0 Å². The fourth-order valence-electron chi connectivity index (χ4n) is 2.05. The fourth-order valence-corrected chi connectivity index (χ4v) is 2.05. The molecule has 3 aromatic rings. The van der Waals surface area contributed by atoms with Crippen molar-refractivity contribution in [3.8, 4) is 11.4 Å². The van der Waals surface area contributed by atoms with Gasteiger partial charge in [0.2, 0.25) is 0 Å². The zero-order chi connectivity index (χ0) is 17.7. The molecule has 0 saturated carbocycles. The summed E-state index contributed by atoms with van der Waals surface area (Å²) in [4.78, 5) is 16.7. The van der Waals surface area contributed by atoms with E-state index in [2.05, 4.69) is 24.9 Å². The first-order valence-electron chi connectivity index (χ1n) is 6.41. The number of fused-ring (bicyclic) bond motifs is 1. The van der Waals surface area contributed by atoms with Gasteiger partial charge in [-0.05, 0) is 19.1 Å². The van der Waals surface area contributed by atoms with E-state index in [0.717, 1.165) is 12.3 Å². The molecule has 24 heavy (non-hydrogen) atoms. The second-order valence-corrected chi connectivity index (χ2v) is 4.83. The molecule has 0 aliphatic heterocycles. The first kappa shape index (κ1) is 16.1. The number of hydrogen-bond donors (Lipinski definition) is 1. The second-order valence-electron chi connectivity index (χ2n) is 4.83. The molecule has 0 unspecified atom stereocenters. The van der Waals surface area contributed by atoms with Crippen LogP contribution in [0.4, 0.5) is 26.3 Å². The predicted molar refractivity (Wildman–Crippen MR) is 69.7 cm³/mol. The third-order valence-corrected chi connectivity index (χ3v) is 3.06. The quantitative estimate of drug-likeness (QED) is 0.681. The zero-order valence-corrected chi connectivity index (χ0v) is 11.8. The van der Waals surface area contributed by atoms with Gasteiger partial charge in [0.05, 0.1) is 0 Å². The first-order chi connectivity index (χ1) is 11.1. The molecule has 0 aliphatic carbocycles. The van der Waals surface area contributed by atoms with Crippen molar-refractivity contribution in [2.45, 2.75) is 19.3 Å². The van der Waals surface area contributed by atoms with Crippen LogP contribution in [0.1, 0.15) is 17.2 Å². The topological polar surface area (TPSA) is 67.3 Å². The molecule has 0 amide bonds. The molecule has 1 N–H and O–H groups in total. The van der Waals surface area contributed by atoms with Gasteiger partial charge in [-0.3, -0.25) is 4.98 Å². The van der Waals surface area contributed by atoms with E-state index in [4.69, 9.17) is 0 Å². The van der Waals surface area contributed by atoms with E-state index in [1.54, 1.807) is 0 Å². The van der Waals surface area contributed by atoms with Crippen LogP contribution < -0.4 is 0 Å². The Hall–Kier alpha value is -2.72. The van der Waals surface area contributed by atoms with Crippen molar-refractivity contribution in [3.05, 3.63) is 35.5 Å². The van der Waals surface area contributed by atoms with Crippen LogP contribution in [-0.2, 0) is 12.4 Å². The Bertz CT molecular complexity index is 894. The summed E-state index contributed by atoms with van der Waals surface area (Å²) in [5, 5.41) is 0. The number of halogens is 6. The molecule has 0 atom stereocenters. The molecule has 0 saturated heterocycles. The molecule has 3 heterocycles. The predicted octanol–water partition coefficient (Wildman–Crippen LogP) is 3.76. The highest BCUT2D eigenvalue weighted by Gasteiger charge is 2.37. The van der Waals surface area contributed by atoms with E-state index >= 15 is 0 Å². The Kier molecular flexibility index (Phi) is 3.46. The zero-order valence-electron chi connectivity index (χ0n) is 11.8. The van der Waals surface area contributed by atoms with Gasteiger partial charge in [-0.15, -0.1) is 0 Å². The average Bonchev–Trinajstić information content (AvgIpc) is 2.88. The van der Waals surface area contributed by atoms with E-state index < -0.39 is 29.3 Å². The van der Waals surface area contributed by atoms with Crippen LogP contribution in [0.15, 0.2) is 18.3 Å². The summed E-state index contributed by atoms with van der Waals surface area (Å²) in [6.45, 7) is 1.28. The Morgan fingerprint density at radius 3 is 2.17 bits per heavy atom. The Balaban J connectivity index is 2.12. The summed E-state index contributed by atoms with van der Waals surface area (Å²) in [5.41, 5.74) is -2.89.